The second-order valence-corrected chi connectivity index (χ2v) is 12.1. The van der Waals surface area contributed by atoms with Gasteiger partial charge in [0.15, 0.2) is 0 Å². The molecule has 4 aromatic rings. The molecule has 10 nitrogen and oxygen atoms in total. The average molecular weight is 892 g/mol. The number of ether oxygens (including phenoxy) is 2. The molecule has 0 saturated carbocycles. The number of hydrogen-bond acceptors (Lipinski definition) is 7. The summed E-state index contributed by atoms with van der Waals surface area (Å²) in [6, 6.07) is 14.9. The van der Waals surface area contributed by atoms with Crippen LogP contribution in [-0.2, 0) is 20.6 Å². The molecule has 0 bridgehead atoms. The lowest BCUT2D eigenvalue weighted by Crippen LogP contribution is -3.00. The minimum Gasteiger partial charge on any atom is -1.00 e. The Balaban J connectivity index is 0.000000386. The Labute approximate surface area is 308 Å². The Morgan fingerprint density at radius 1 is 0.696 bits per heavy atom. The molecule has 0 aliphatic rings. The van der Waals surface area contributed by atoms with Crippen molar-refractivity contribution in [2.45, 2.75) is 45.1 Å². The highest BCUT2D eigenvalue weighted by Crippen LogP contribution is 2.21. The predicted molar refractivity (Wildman–Crippen MR) is 192 cm³/mol. The fraction of sp³-hybridized carbons (Fsp3) is 0.438. The largest absolute Gasteiger partial charge is 1.00 e. The molecule has 0 fully saturated rings. The standard InChI is InChI=1S/C16H22BrN4O.C11H12N4O.C5H10Br2.BrH/c1-20-12-13-21(11-5-3-4-10-17)16(20)19-18-14-6-8-15(22-2)9-7-14;1-15-8-7-12-11(15)14-13-9-3-5-10(16-2)6-4-9;6-4-2-1-3-5-7;/h6-9,12-13H,3-5,10-11H2,1-2H3;3-8H,1-2H3;1-5H2;1H/q+1;;;/p-1. The Morgan fingerprint density at radius 2 is 1.20 bits per heavy atom. The van der Waals surface area contributed by atoms with E-state index in [0.29, 0.717) is 5.95 Å². The molecule has 0 aliphatic heterocycles. The Hall–Kier alpha value is -2.42. The van der Waals surface area contributed by atoms with Crippen LogP contribution in [0.2, 0.25) is 0 Å². The summed E-state index contributed by atoms with van der Waals surface area (Å²) in [7, 11) is 7.14. The molecule has 0 atom stereocenters. The maximum absolute atomic E-state index is 5.14. The molecule has 0 radical (unpaired) electrons. The third kappa shape index (κ3) is 16.4. The number of methoxy groups -OCH3 is 2. The Bertz CT molecular complexity index is 1390. The Morgan fingerprint density at radius 3 is 1.65 bits per heavy atom. The second-order valence-electron chi connectivity index (χ2n) is 9.72. The normalized spacial score (nSPS) is 10.6. The van der Waals surface area contributed by atoms with Crippen LogP contribution in [0.5, 0.6) is 11.5 Å². The number of aromatic nitrogens is 4. The molecule has 0 saturated heterocycles. The maximum Gasteiger partial charge on any atom is 0.421 e. The third-order valence-electron chi connectivity index (χ3n) is 6.29. The first-order valence-corrected chi connectivity index (χ1v) is 18.1. The lowest BCUT2D eigenvalue weighted by atomic mass is 10.2. The SMILES string of the molecule is BrCCCCCBr.COc1ccc(N=Nc2n(CCCCCBr)cc[n+]2C)cc1.COc1ccc(N=Nc2nccn2C)cc1.[Br-]. The summed E-state index contributed by atoms with van der Waals surface area (Å²) in [5.74, 6) is 3.06. The van der Waals surface area contributed by atoms with E-state index in [-0.39, 0.29) is 17.0 Å². The molecule has 0 unspecified atom stereocenters. The van der Waals surface area contributed by atoms with Crippen molar-refractivity contribution in [2.75, 3.05) is 30.2 Å². The van der Waals surface area contributed by atoms with Crippen molar-refractivity contribution in [3.05, 3.63) is 73.3 Å². The van der Waals surface area contributed by atoms with Gasteiger partial charge in [-0.3, -0.25) is 0 Å². The number of imidazole rings is 2. The summed E-state index contributed by atoms with van der Waals surface area (Å²) < 4.78 is 16.1. The van der Waals surface area contributed by atoms with Crippen molar-refractivity contribution < 1.29 is 31.0 Å². The van der Waals surface area contributed by atoms with Crippen LogP contribution in [0.4, 0.5) is 23.3 Å². The van der Waals surface area contributed by atoms with Crippen LogP contribution in [-0.4, -0.2) is 44.3 Å². The van der Waals surface area contributed by atoms with E-state index in [1.165, 1.54) is 32.1 Å². The fourth-order valence-electron chi connectivity index (χ4n) is 3.69. The molecular formula is C32H44Br4N8O2. The first kappa shape index (κ1) is 41.6. The monoisotopic (exact) mass is 888 g/mol. The van der Waals surface area contributed by atoms with E-state index in [4.69, 9.17) is 9.47 Å². The molecule has 0 spiro atoms. The van der Waals surface area contributed by atoms with Crippen LogP contribution in [0.3, 0.4) is 0 Å². The number of halogens is 4. The van der Waals surface area contributed by atoms with Crippen molar-refractivity contribution in [3.63, 3.8) is 0 Å². The minimum atomic E-state index is 0. The van der Waals surface area contributed by atoms with Crippen molar-refractivity contribution in [1.82, 2.24) is 14.1 Å². The van der Waals surface area contributed by atoms with Gasteiger partial charge in [0.2, 0.25) is 5.95 Å². The summed E-state index contributed by atoms with van der Waals surface area (Å²) in [6.45, 7) is 0.963. The molecule has 2 aromatic carbocycles. The van der Waals surface area contributed by atoms with Crippen molar-refractivity contribution >= 4 is 71.1 Å². The number of alkyl halides is 3. The topological polar surface area (TPSA) is 94.5 Å². The van der Waals surface area contributed by atoms with E-state index in [1.54, 1.807) is 25.0 Å². The van der Waals surface area contributed by atoms with Gasteiger partial charge >= 0.3 is 5.95 Å². The van der Waals surface area contributed by atoms with Crippen LogP contribution in [0.15, 0.2) is 93.8 Å². The number of aryl methyl sites for hydroxylation is 3. The minimum absolute atomic E-state index is 0. The van der Waals surface area contributed by atoms with E-state index in [0.717, 1.165) is 57.8 Å². The molecule has 4 rings (SSSR count). The molecule has 0 amide bonds. The number of benzene rings is 2. The van der Waals surface area contributed by atoms with Gasteiger partial charge in [-0.25, -0.2) is 14.1 Å². The first-order valence-electron chi connectivity index (χ1n) is 14.8. The molecule has 14 heteroatoms. The van der Waals surface area contributed by atoms with Gasteiger partial charge in [0.1, 0.15) is 17.2 Å². The predicted octanol–water partition coefficient (Wildman–Crippen LogP) is 7.10. The maximum atomic E-state index is 5.14. The molecular weight excluding hydrogens is 848 g/mol. The molecule has 0 aliphatic carbocycles. The molecule has 2 aromatic heterocycles. The van der Waals surface area contributed by atoms with E-state index in [2.05, 4.69) is 84.0 Å². The number of hydrogen-bond donors (Lipinski definition) is 0. The fourth-order valence-corrected chi connectivity index (χ4v) is 4.88. The van der Waals surface area contributed by atoms with E-state index in [1.807, 2.05) is 79.6 Å². The number of unbranched alkanes of at least 4 members (excludes halogenated alkanes) is 4. The lowest BCUT2D eigenvalue weighted by Gasteiger charge is -1.99. The number of rotatable bonds is 15. The third-order valence-corrected chi connectivity index (χ3v) is 7.98. The van der Waals surface area contributed by atoms with Crippen LogP contribution in [0.25, 0.3) is 0 Å². The van der Waals surface area contributed by atoms with E-state index in [9.17, 15) is 0 Å². The zero-order valence-corrected chi connectivity index (χ0v) is 33.2. The molecule has 0 N–H and O–H groups in total. The van der Waals surface area contributed by atoms with Gasteiger partial charge in [0, 0.05) is 40.5 Å². The van der Waals surface area contributed by atoms with Gasteiger partial charge in [-0.15, -0.1) is 10.2 Å². The smallest absolute Gasteiger partial charge is 0.421 e. The average Bonchev–Trinajstić information content (AvgIpc) is 3.65. The van der Waals surface area contributed by atoms with Gasteiger partial charge in [-0.1, -0.05) is 59.3 Å². The molecule has 46 heavy (non-hydrogen) atoms. The van der Waals surface area contributed by atoms with Crippen molar-refractivity contribution in [3.8, 4) is 11.5 Å². The van der Waals surface area contributed by atoms with Gasteiger partial charge < -0.3 is 31.0 Å². The second kappa shape index (κ2) is 25.6. The number of nitrogens with zero attached hydrogens (tertiary/aromatic N) is 8. The van der Waals surface area contributed by atoms with Crippen molar-refractivity contribution in [1.29, 1.82) is 0 Å². The van der Waals surface area contributed by atoms with Crippen LogP contribution >= 0.6 is 47.8 Å². The highest BCUT2D eigenvalue weighted by molar-refractivity contribution is 9.09. The van der Waals surface area contributed by atoms with Gasteiger partial charge in [0.25, 0.3) is 0 Å². The summed E-state index contributed by atoms with van der Waals surface area (Å²) in [6.07, 6.45) is 15.1. The van der Waals surface area contributed by atoms with Crippen LogP contribution in [0, 0.1) is 0 Å². The summed E-state index contributed by atoms with van der Waals surface area (Å²) in [4.78, 5) is 4.04. The molecule has 2 heterocycles. The van der Waals surface area contributed by atoms with Gasteiger partial charge in [0.05, 0.1) is 45.9 Å². The highest BCUT2D eigenvalue weighted by atomic mass is 79.9. The Kier molecular flexibility index (Phi) is 23.2. The quantitative estimate of drug-likeness (QED) is 0.0552. The van der Waals surface area contributed by atoms with E-state index >= 15 is 0 Å². The number of azo groups is 2. The molecule has 252 valence electrons. The van der Waals surface area contributed by atoms with Crippen LogP contribution in [0.1, 0.15) is 38.5 Å². The summed E-state index contributed by atoms with van der Waals surface area (Å²) >= 11 is 10.2. The van der Waals surface area contributed by atoms with Crippen molar-refractivity contribution in [2.24, 2.45) is 34.6 Å². The van der Waals surface area contributed by atoms with E-state index < -0.39 is 0 Å². The summed E-state index contributed by atoms with van der Waals surface area (Å²) in [5.41, 5.74) is 1.58. The highest BCUT2D eigenvalue weighted by Gasteiger charge is 2.14. The van der Waals surface area contributed by atoms with Gasteiger partial charge in [-0.2, -0.15) is 0 Å². The first-order chi connectivity index (χ1) is 21.9. The van der Waals surface area contributed by atoms with Gasteiger partial charge in [-0.05, 0) is 80.6 Å². The zero-order valence-electron chi connectivity index (χ0n) is 26.9. The van der Waals surface area contributed by atoms with Crippen LogP contribution < -0.4 is 31.0 Å². The zero-order chi connectivity index (χ0) is 32.7. The lowest BCUT2D eigenvalue weighted by molar-refractivity contribution is -0.657. The summed E-state index contributed by atoms with van der Waals surface area (Å²) in [5, 5.41) is 20.2.